The summed E-state index contributed by atoms with van der Waals surface area (Å²) in [6, 6.07) is 6.74. The van der Waals surface area contributed by atoms with Crippen LogP contribution in [-0.4, -0.2) is 37.2 Å². The Hall–Kier alpha value is -2.04. The molecular weight excluding hydrogens is 258 g/mol. The predicted octanol–water partition coefficient (Wildman–Crippen LogP) is 2.18. The predicted molar refractivity (Wildman–Crippen MR) is 75.1 cm³/mol. The maximum Gasteiger partial charge on any atom is 0.335 e. The summed E-state index contributed by atoms with van der Waals surface area (Å²) in [6.07, 6.45) is 0. The molecule has 20 heavy (non-hydrogen) atoms. The van der Waals surface area contributed by atoms with Gasteiger partial charge >= 0.3 is 5.97 Å². The van der Waals surface area contributed by atoms with Crippen LogP contribution in [0.15, 0.2) is 29.3 Å². The molecule has 0 saturated heterocycles. The van der Waals surface area contributed by atoms with E-state index in [1.807, 2.05) is 45.0 Å². The molecule has 0 fully saturated rings. The van der Waals surface area contributed by atoms with E-state index in [1.165, 1.54) is 0 Å². The van der Waals surface area contributed by atoms with Crippen LogP contribution in [0.25, 0.3) is 0 Å². The molecule has 0 aromatic heterocycles. The van der Waals surface area contributed by atoms with Gasteiger partial charge in [-0.1, -0.05) is 0 Å². The maximum absolute atomic E-state index is 11.9. The zero-order valence-electron chi connectivity index (χ0n) is 12.2. The number of aliphatic imine (C=N–C) groups is 1. The van der Waals surface area contributed by atoms with Gasteiger partial charge in [-0.05, 0) is 45.0 Å². The van der Waals surface area contributed by atoms with Crippen molar-refractivity contribution in [2.24, 2.45) is 4.99 Å². The summed E-state index contributed by atoms with van der Waals surface area (Å²) in [7, 11) is 1.61. The van der Waals surface area contributed by atoms with Crippen LogP contribution >= 0.6 is 0 Å². The quantitative estimate of drug-likeness (QED) is 0.795. The van der Waals surface area contributed by atoms with Gasteiger partial charge in [-0.3, -0.25) is 0 Å². The minimum atomic E-state index is -0.591. The second-order valence-electron chi connectivity index (χ2n) is 5.52. The van der Waals surface area contributed by atoms with E-state index in [2.05, 4.69) is 4.99 Å². The van der Waals surface area contributed by atoms with Gasteiger partial charge in [-0.2, -0.15) is 0 Å². The molecule has 0 amide bonds. The summed E-state index contributed by atoms with van der Waals surface area (Å²) in [5.74, 6) is 0.862. The molecular formula is C15H19NO4. The van der Waals surface area contributed by atoms with E-state index >= 15 is 0 Å². The first kappa shape index (κ1) is 14.4. The largest absolute Gasteiger partial charge is 0.497 e. The zero-order valence-corrected chi connectivity index (χ0v) is 12.2. The van der Waals surface area contributed by atoms with E-state index in [9.17, 15) is 4.79 Å². The number of ether oxygens (including phenoxy) is 3. The summed E-state index contributed by atoms with van der Waals surface area (Å²) in [5, 5.41) is 0. The highest BCUT2D eigenvalue weighted by Gasteiger charge is 2.30. The summed E-state index contributed by atoms with van der Waals surface area (Å²) in [5.41, 5.74) is 0.298. The van der Waals surface area contributed by atoms with Crippen molar-refractivity contribution in [2.45, 2.75) is 32.4 Å². The minimum Gasteiger partial charge on any atom is -0.497 e. The first-order chi connectivity index (χ1) is 9.39. The molecule has 0 aliphatic carbocycles. The third kappa shape index (κ3) is 3.50. The number of hydrogen-bond donors (Lipinski definition) is 0. The van der Waals surface area contributed by atoms with E-state index < -0.39 is 11.6 Å². The van der Waals surface area contributed by atoms with Crippen LogP contribution in [0.5, 0.6) is 5.75 Å². The van der Waals surface area contributed by atoms with Crippen LogP contribution in [0.2, 0.25) is 0 Å². The fraction of sp³-hybridized carbons (Fsp3) is 0.467. The average Bonchev–Trinajstić information content (AvgIpc) is 2.86. The Morgan fingerprint density at radius 1 is 1.30 bits per heavy atom. The Balaban J connectivity index is 2.07. The van der Waals surface area contributed by atoms with Crippen molar-refractivity contribution < 1.29 is 19.0 Å². The van der Waals surface area contributed by atoms with Gasteiger partial charge in [-0.15, -0.1) is 0 Å². The van der Waals surface area contributed by atoms with Gasteiger partial charge in [0.2, 0.25) is 5.90 Å². The standard InChI is InChI=1S/C15H19NO4/c1-15(2,3)20-14(17)12-9-19-13(16-12)10-5-7-11(18-4)8-6-10/h5-8,12H,9H2,1-4H3. The maximum atomic E-state index is 11.9. The molecule has 1 aliphatic heterocycles. The van der Waals surface area contributed by atoms with Crippen LogP contribution < -0.4 is 4.74 Å². The minimum absolute atomic E-state index is 0.219. The first-order valence-electron chi connectivity index (χ1n) is 6.47. The Bertz CT molecular complexity index is 514. The van der Waals surface area contributed by atoms with Crippen LogP contribution in [-0.2, 0) is 14.3 Å². The molecule has 1 aromatic carbocycles. The lowest BCUT2D eigenvalue weighted by atomic mass is 10.2. The highest BCUT2D eigenvalue weighted by atomic mass is 16.6. The molecule has 1 aliphatic rings. The van der Waals surface area contributed by atoms with E-state index in [1.54, 1.807) is 7.11 Å². The molecule has 5 heteroatoms. The monoisotopic (exact) mass is 277 g/mol. The fourth-order valence-electron chi connectivity index (χ4n) is 1.76. The third-order valence-electron chi connectivity index (χ3n) is 2.67. The molecule has 1 atom stereocenters. The van der Waals surface area contributed by atoms with Gasteiger partial charge in [0.05, 0.1) is 7.11 Å². The number of hydrogen-bond acceptors (Lipinski definition) is 5. The van der Waals surface area contributed by atoms with E-state index in [0.717, 1.165) is 11.3 Å². The van der Waals surface area contributed by atoms with Crippen LogP contribution in [0, 0.1) is 0 Å². The lowest BCUT2D eigenvalue weighted by Crippen LogP contribution is -2.31. The van der Waals surface area contributed by atoms with Gasteiger partial charge in [0.15, 0.2) is 6.04 Å². The number of rotatable bonds is 3. The SMILES string of the molecule is COc1ccc(C2=NC(C(=O)OC(C)(C)C)CO2)cc1. The van der Waals surface area contributed by atoms with Crippen molar-refractivity contribution in [2.75, 3.05) is 13.7 Å². The number of methoxy groups -OCH3 is 1. The summed E-state index contributed by atoms with van der Waals surface area (Å²) in [4.78, 5) is 16.2. The Morgan fingerprint density at radius 2 is 1.95 bits per heavy atom. The van der Waals surface area contributed by atoms with Crippen LogP contribution in [0.1, 0.15) is 26.3 Å². The van der Waals surface area contributed by atoms with Gasteiger partial charge < -0.3 is 14.2 Å². The number of benzene rings is 1. The van der Waals surface area contributed by atoms with E-state index in [-0.39, 0.29) is 12.6 Å². The Morgan fingerprint density at radius 3 is 2.50 bits per heavy atom. The lowest BCUT2D eigenvalue weighted by molar-refractivity contribution is -0.156. The number of carbonyl (C=O) groups is 1. The molecule has 1 aromatic rings. The summed E-state index contributed by atoms with van der Waals surface area (Å²) < 4.78 is 15.9. The van der Waals surface area contributed by atoms with Gasteiger partial charge in [0.25, 0.3) is 0 Å². The fourth-order valence-corrected chi connectivity index (χ4v) is 1.76. The average molecular weight is 277 g/mol. The molecule has 1 heterocycles. The van der Waals surface area contributed by atoms with Crippen molar-refractivity contribution in [1.82, 2.24) is 0 Å². The summed E-state index contributed by atoms with van der Waals surface area (Å²) in [6.45, 7) is 5.70. The van der Waals surface area contributed by atoms with E-state index in [4.69, 9.17) is 14.2 Å². The molecule has 108 valence electrons. The molecule has 0 spiro atoms. The van der Waals surface area contributed by atoms with Gasteiger partial charge in [-0.25, -0.2) is 9.79 Å². The molecule has 0 saturated carbocycles. The van der Waals surface area contributed by atoms with Gasteiger partial charge in [0.1, 0.15) is 18.0 Å². The molecule has 0 N–H and O–H groups in total. The molecule has 2 rings (SSSR count). The van der Waals surface area contributed by atoms with Gasteiger partial charge in [0, 0.05) is 5.56 Å². The van der Waals surface area contributed by atoms with Crippen LogP contribution in [0.4, 0.5) is 0 Å². The Labute approximate surface area is 118 Å². The number of nitrogens with zero attached hydrogens (tertiary/aromatic N) is 1. The highest BCUT2D eigenvalue weighted by molar-refractivity contribution is 5.97. The normalized spacial score (nSPS) is 18.2. The molecule has 0 radical (unpaired) electrons. The smallest absolute Gasteiger partial charge is 0.335 e. The lowest BCUT2D eigenvalue weighted by Gasteiger charge is -2.20. The number of carbonyl (C=O) groups excluding carboxylic acids is 1. The Kier molecular flexibility index (Phi) is 3.97. The van der Waals surface area contributed by atoms with E-state index in [0.29, 0.717) is 5.90 Å². The highest BCUT2D eigenvalue weighted by Crippen LogP contribution is 2.18. The van der Waals surface area contributed by atoms with Crippen molar-refractivity contribution in [3.8, 4) is 5.75 Å². The molecule has 5 nitrogen and oxygen atoms in total. The second kappa shape index (κ2) is 5.53. The topological polar surface area (TPSA) is 57.1 Å². The molecule has 0 bridgehead atoms. The third-order valence-corrected chi connectivity index (χ3v) is 2.67. The van der Waals surface area contributed by atoms with Crippen LogP contribution in [0.3, 0.4) is 0 Å². The zero-order chi connectivity index (χ0) is 14.8. The van der Waals surface area contributed by atoms with Crippen molar-refractivity contribution >= 4 is 11.9 Å². The second-order valence-corrected chi connectivity index (χ2v) is 5.52. The molecule has 1 unspecified atom stereocenters. The number of esters is 1. The first-order valence-corrected chi connectivity index (χ1v) is 6.47. The van der Waals surface area contributed by atoms with Crippen molar-refractivity contribution in [1.29, 1.82) is 0 Å². The van der Waals surface area contributed by atoms with Crippen molar-refractivity contribution in [3.05, 3.63) is 29.8 Å². The summed E-state index contributed by atoms with van der Waals surface area (Å²) >= 11 is 0. The van der Waals surface area contributed by atoms with Crippen molar-refractivity contribution in [3.63, 3.8) is 0 Å².